The zero-order chi connectivity index (χ0) is 20.1. The lowest BCUT2D eigenvalue weighted by Crippen LogP contribution is -2.40. The highest BCUT2D eigenvalue weighted by molar-refractivity contribution is 5.90. The molecule has 2 aromatic carbocycles. The number of fused-ring (bicyclic) bond motifs is 1. The van der Waals surface area contributed by atoms with E-state index in [0.717, 1.165) is 42.0 Å². The minimum Gasteiger partial charge on any atom is -0.474 e. The molecule has 146 valence electrons. The van der Waals surface area contributed by atoms with Crippen LogP contribution in [-0.4, -0.2) is 23.0 Å². The van der Waals surface area contributed by atoms with Gasteiger partial charge in [-0.1, -0.05) is 42.5 Å². The van der Waals surface area contributed by atoms with Gasteiger partial charge in [0, 0.05) is 18.3 Å². The summed E-state index contributed by atoms with van der Waals surface area (Å²) in [6.45, 7) is 0. The van der Waals surface area contributed by atoms with Crippen LogP contribution in [0.15, 0.2) is 60.8 Å². The molecule has 1 amide bonds. The van der Waals surface area contributed by atoms with Crippen molar-refractivity contribution in [1.82, 2.24) is 10.3 Å². The molecule has 1 heterocycles. The second kappa shape index (κ2) is 8.74. The number of benzene rings is 2. The molecule has 1 aliphatic rings. The van der Waals surface area contributed by atoms with Gasteiger partial charge in [-0.25, -0.2) is 4.98 Å². The number of rotatable bonds is 5. The zero-order valence-corrected chi connectivity index (χ0v) is 16.2. The number of nitrogens with zero attached hydrogens (tertiary/aromatic N) is 2. The van der Waals surface area contributed by atoms with Crippen LogP contribution in [0, 0.1) is 11.3 Å². The van der Waals surface area contributed by atoms with Crippen molar-refractivity contribution < 1.29 is 9.53 Å². The van der Waals surface area contributed by atoms with Crippen LogP contribution in [0.2, 0.25) is 0 Å². The van der Waals surface area contributed by atoms with Crippen LogP contribution in [0.3, 0.4) is 0 Å². The first-order valence-corrected chi connectivity index (χ1v) is 10.00. The fourth-order valence-corrected chi connectivity index (χ4v) is 3.91. The predicted molar refractivity (Wildman–Crippen MR) is 111 cm³/mol. The lowest BCUT2D eigenvalue weighted by Gasteiger charge is -2.29. The van der Waals surface area contributed by atoms with Gasteiger partial charge < -0.3 is 10.1 Å². The molecule has 0 saturated heterocycles. The van der Waals surface area contributed by atoms with Gasteiger partial charge in [-0.3, -0.25) is 4.79 Å². The SMILES string of the molecule is N#Cc1ccc(OC2CCC(NC(=O)Cc3cccc4ccccc34)CC2)nc1. The van der Waals surface area contributed by atoms with Gasteiger partial charge in [-0.2, -0.15) is 5.26 Å². The molecule has 5 heteroatoms. The Morgan fingerprint density at radius 1 is 1.07 bits per heavy atom. The van der Waals surface area contributed by atoms with Gasteiger partial charge in [0.1, 0.15) is 12.2 Å². The monoisotopic (exact) mass is 385 g/mol. The van der Waals surface area contributed by atoms with E-state index in [1.807, 2.05) is 24.3 Å². The first-order valence-electron chi connectivity index (χ1n) is 10.00. The van der Waals surface area contributed by atoms with Crippen LogP contribution in [0.25, 0.3) is 10.8 Å². The zero-order valence-electron chi connectivity index (χ0n) is 16.2. The van der Waals surface area contributed by atoms with E-state index in [0.29, 0.717) is 17.9 Å². The standard InChI is InChI=1S/C24H23N3O2/c25-15-17-8-13-24(26-16-17)29-21-11-9-20(10-12-21)27-23(28)14-19-6-3-5-18-4-1-2-7-22(18)19/h1-8,13,16,20-21H,9-12,14H2,(H,27,28). The number of amides is 1. The van der Waals surface area contributed by atoms with Crippen molar-refractivity contribution in [2.24, 2.45) is 0 Å². The molecular formula is C24H23N3O2. The van der Waals surface area contributed by atoms with E-state index in [2.05, 4.69) is 34.6 Å². The van der Waals surface area contributed by atoms with Gasteiger partial charge >= 0.3 is 0 Å². The quantitative estimate of drug-likeness (QED) is 0.716. The third kappa shape index (κ3) is 4.72. The number of hydrogen-bond donors (Lipinski definition) is 1. The molecule has 0 bridgehead atoms. The number of ether oxygens (including phenoxy) is 1. The van der Waals surface area contributed by atoms with Crippen molar-refractivity contribution in [2.45, 2.75) is 44.2 Å². The minimum absolute atomic E-state index is 0.0690. The van der Waals surface area contributed by atoms with Crippen LogP contribution >= 0.6 is 0 Å². The Hall–Kier alpha value is -3.39. The summed E-state index contributed by atoms with van der Waals surface area (Å²) in [6.07, 6.45) is 5.55. The van der Waals surface area contributed by atoms with Crippen LogP contribution in [0.5, 0.6) is 5.88 Å². The largest absolute Gasteiger partial charge is 0.474 e. The first-order chi connectivity index (χ1) is 14.2. The maximum Gasteiger partial charge on any atom is 0.224 e. The second-order valence-electron chi connectivity index (χ2n) is 7.47. The summed E-state index contributed by atoms with van der Waals surface area (Å²) in [4.78, 5) is 16.7. The van der Waals surface area contributed by atoms with E-state index < -0.39 is 0 Å². The summed E-state index contributed by atoms with van der Waals surface area (Å²) < 4.78 is 5.92. The van der Waals surface area contributed by atoms with E-state index in [1.54, 1.807) is 12.1 Å². The number of nitriles is 1. The highest BCUT2D eigenvalue weighted by Crippen LogP contribution is 2.24. The molecule has 1 aliphatic carbocycles. The summed E-state index contributed by atoms with van der Waals surface area (Å²) in [5, 5.41) is 14.3. The number of hydrogen-bond acceptors (Lipinski definition) is 4. The van der Waals surface area contributed by atoms with Gasteiger partial charge in [0.25, 0.3) is 0 Å². The van der Waals surface area contributed by atoms with Crippen LogP contribution < -0.4 is 10.1 Å². The fourth-order valence-electron chi connectivity index (χ4n) is 3.91. The van der Waals surface area contributed by atoms with Crippen molar-refractivity contribution in [3.05, 3.63) is 71.9 Å². The lowest BCUT2D eigenvalue weighted by molar-refractivity contribution is -0.121. The molecule has 3 aromatic rings. The molecule has 0 aliphatic heterocycles. The summed E-state index contributed by atoms with van der Waals surface area (Å²) in [7, 11) is 0. The highest BCUT2D eigenvalue weighted by Gasteiger charge is 2.24. The number of carbonyl (C=O) groups excluding carboxylic acids is 1. The normalized spacial score (nSPS) is 18.7. The van der Waals surface area contributed by atoms with E-state index in [9.17, 15) is 4.79 Å². The number of nitrogens with one attached hydrogen (secondary N) is 1. The molecule has 0 unspecified atom stereocenters. The number of carbonyl (C=O) groups is 1. The maximum absolute atomic E-state index is 12.6. The number of pyridine rings is 1. The van der Waals surface area contributed by atoms with Crippen molar-refractivity contribution in [3.63, 3.8) is 0 Å². The third-order valence-corrected chi connectivity index (χ3v) is 5.42. The summed E-state index contributed by atoms with van der Waals surface area (Å²) in [5.74, 6) is 0.618. The Labute approximate surface area is 170 Å². The summed E-state index contributed by atoms with van der Waals surface area (Å²) in [5.41, 5.74) is 1.58. The Morgan fingerprint density at radius 2 is 1.86 bits per heavy atom. The molecule has 4 rings (SSSR count). The van der Waals surface area contributed by atoms with Gasteiger partial charge in [0.2, 0.25) is 11.8 Å². The first kappa shape index (κ1) is 18.9. The van der Waals surface area contributed by atoms with Crippen molar-refractivity contribution >= 4 is 16.7 Å². The van der Waals surface area contributed by atoms with Crippen LogP contribution in [0.1, 0.15) is 36.8 Å². The lowest BCUT2D eigenvalue weighted by atomic mass is 9.92. The minimum atomic E-state index is 0.0690. The van der Waals surface area contributed by atoms with Gasteiger partial charge in [0.05, 0.1) is 12.0 Å². The molecular weight excluding hydrogens is 362 g/mol. The molecule has 0 atom stereocenters. The Morgan fingerprint density at radius 3 is 2.62 bits per heavy atom. The van der Waals surface area contributed by atoms with E-state index in [4.69, 9.17) is 10.00 Å². The molecule has 29 heavy (non-hydrogen) atoms. The average molecular weight is 385 g/mol. The highest BCUT2D eigenvalue weighted by atomic mass is 16.5. The van der Waals surface area contributed by atoms with Crippen molar-refractivity contribution in [1.29, 1.82) is 5.26 Å². The molecule has 1 aromatic heterocycles. The van der Waals surface area contributed by atoms with Crippen LogP contribution in [-0.2, 0) is 11.2 Å². The molecule has 5 nitrogen and oxygen atoms in total. The molecule has 1 saturated carbocycles. The molecule has 0 radical (unpaired) electrons. The maximum atomic E-state index is 12.6. The van der Waals surface area contributed by atoms with E-state index in [1.165, 1.54) is 6.20 Å². The van der Waals surface area contributed by atoms with E-state index >= 15 is 0 Å². The fraction of sp³-hybridized carbons (Fsp3) is 0.292. The summed E-state index contributed by atoms with van der Waals surface area (Å²) >= 11 is 0. The average Bonchev–Trinajstić information content (AvgIpc) is 2.76. The van der Waals surface area contributed by atoms with Crippen LogP contribution in [0.4, 0.5) is 0 Å². The van der Waals surface area contributed by atoms with Crippen molar-refractivity contribution in [3.8, 4) is 11.9 Å². The predicted octanol–water partition coefficient (Wildman–Crippen LogP) is 4.16. The second-order valence-corrected chi connectivity index (χ2v) is 7.47. The Kier molecular flexibility index (Phi) is 5.71. The topological polar surface area (TPSA) is 75.0 Å². The molecule has 0 spiro atoms. The Balaban J connectivity index is 1.28. The smallest absolute Gasteiger partial charge is 0.224 e. The molecule has 1 N–H and O–H groups in total. The Bertz CT molecular complexity index is 1030. The third-order valence-electron chi connectivity index (χ3n) is 5.42. The van der Waals surface area contributed by atoms with Gasteiger partial charge in [-0.15, -0.1) is 0 Å². The summed E-state index contributed by atoms with van der Waals surface area (Å²) in [6, 6.07) is 19.9. The number of aromatic nitrogens is 1. The van der Waals surface area contributed by atoms with Gasteiger partial charge in [0.15, 0.2) is 0 Å². The van der Waals surface area contributed by atoms with E-state index in [-0.39, 0.29) is 18.1 Å². The molecule has 1 fully saturated rings. The van der Waals surface area contributed by atoms with Gasteiger partial charge in [-0.05, 0) is 48.1 Å². The van der Waals surface area contributed by atoms with Crippen molar-refractivity contribution in [2.75, 3.05) is 0 Å².